The van der Waals surface area contributed by atoms with Crippen LogP contribution in [0.3, 0.4) is 0 Å². The molecule has 4 rings (SSSR count). The Bertz CT molecular complexity index is 1310. The van der Waals surface area contributed by atoms with Crippen molar-refractivity contribution in [2.45, 2.75) is 6.92 Å². The monoisotopic (exact) mass is 423 g/mol. The number of anilines is 1. The van der Waals surface area contributed by atoms with Gasteiger partial charge in [-0.3, -0.25) is 4.79 Å². The van der Waals surface area contributed by atoms with Crippen molar-refractivity contribution in [3.05, 3.63) is 98.3 Å². The molecule has 1 amide bonds. The zero-order chi connectivity index (χ0) is 20.5. The van der Waals surface area contributed by atoms with Crippen molar-refractivity contribution in [2.75, 3.05) is 5.32 Å². The lowest BCUT2D eigenvalue weighted by atomic mass is 10.0. The predicted molar refractivity (Wildman–Crippen MR) is 117 cm³/mol. The Hall–Kier alpha value is -3.08. The number of carbonyl (C=O) groups is 1. The Morgan fingerprint density at radius 1 is 0.897 bits per heavy atom. The van der Waals surface area contributed by atoms with Crippen LogP contribution in [0.1, 0.15) is 15.9 Å². The van der Waals surface area contributed by atoms with Crippen LogP contribution in [0.2, 0.25) is 10.0 Å². The van der Waals surface area contributed by atoms with Crippen LogP contribution in [0.25, 0.3) is 22.1 Å². The topological polar surface area (TPSA) is 59.3 Å². The molecular formula is C23H15Cl2NO3. The van der Waals surface area contributed by atoms with Crippen molar-refractivity contribution in [2.24, 2.45) is 0 Å². The van der Waals surface area contributed by atoms with Crippen molar-refractivity contribution in [3.63, 3.8) is 0 Å². The Labute approximate surface area is 176 Å². The number of carbonyl (C=O) groups excluding carboxylic acids is 1. The van der Waals surface area contributed by atoms with Gasteiger partial charge in [0, 0.05) is 16.6 Å². The van der Waals surface area contributed by atoms with E-state index in [-0.39, 0.29) is 5.91 Å². The summed E-state index contributed by atoms with van der Waals surface area (Å²) in [6, 6.07) is 19.2. The first-order chi connectivity index (χ1) is 13.9. The van der Waals surface area contributed by atoms with Gasteiger partial charge in [-0.15, -0.1) is 0 Å². The van der Waals surface area contributed by atoms with Crippen molar-refractivity contribution in [1.82, 2.24) is 0 Å². The molecule has 1 N–H and O–H groups in total. The molecule has 0 bridgehead atoms. The maximum atomic E-state index is 12.5. The first-order valence-electron chi connectivity index (χ1n) is 8.83. The molecule has 1 aromatic heterocycles. The van der Waals surface area contributed by atoms with E-state index in [4.69, 9.17) is 27.6 Å². The molecule has 1 heterocycles. The molecule has 3 aromatic carbocycles. The summed E-state index contributed by atoms with van der Waals surface area (Å²) < 4.78 is 5.43. The molecule has 29 heavy (non-hydrogen) atoms. The maximum absolute atomic E-state index is 12.5. The quantitative estimate of drug-likeness (QED) is 0.391. The number of benzene rings is 3. The van der Waals surface area contributed by atoms with Crippen LogP contribution in [0.4, 0.5) is 5.69 Å². The average molecular weight is 424 g/mol. The summed E-state index contributed by atoms with van der Waals surface area (Å²) >= 11 is 11.9. The van der Waals surface area contributed by atoms with Gasteiger partial charge in [0.25, 0.3) is 5.91 Å². The molecule has 0 atom stereocenters. The summed E-state index contributed by atoms with van der Waals surface area (Å²) in [6.07, 6.45) is 0. The number of halogens is 2. The van der Waals surface area contributed by atoms with E-state index in [1.165, 1.54) is 6.07 Å². The minimum absolute atomic E-state index is 0.305. The predicted octanol–water partition coefficient (Wildman–Crippen LogP) is 6.33. The SMILES string of the molecule is Cc1cc(NC(=O)c2ccc(Cl)c(Cl)c2)ccc1-c1cc2ccccc2oc1=O. The highest BCUT2D eigenvalue weighted by Crippen LogP contribution is 2.27. The Balaban J connectivity index is 1.64. The van der Waals surface area contributed by atoms with Crippen molar-refractivity contribution < 1.29 is 9.21 Å². The van der Waals surface area contributed by atoms with Crippen LogP contribution < -0.4 is 10.9 Å². The third kappa shape index (κ3) is 3.90. The molecule has 0 saturated heterocycles. The van der Waals surface area contributed by atoms with E-state index in [0.717, 1.165) is 16.5 Å². The van der Waals surface area contributed by atoms with Gasteiger partial charge in [-0.1, -0.05) is 47.5 Å². The zero-order valence-electron chi connectivity index (χ0n) is 15.3. The van der Waals surface area contributed by atoms with E-state index < -0.39 is 5.63 Å². The minimum atomic E-state index is -0.403. The number of amides is 1. The number of nitrogens with one attached hydrogen (secondary N) is 1. The third-order valence-electron chi connectivity index (χ3n) is 4.60. The summed E-state index contributed by atoms with van der Waals surface area (Å²) in [5, 5.41) is 4.37. The van der Waals surface area contributed by atoms with Gasteiger partial charge in [0.1, 0.15) is 5.58 Å². The molecule has 0 fully saturated rings. The van der Waals surface area contributed by atoms with Crippen LogP contribution in [0, 0.1) is 6.92 Å². The van der Waals surface area contributed by atoms with Crippen LogP contribution >= 0.6 is 23.2 Å². The van der Waals surface area contributed by atoms with E-state index in [2.05, 4.69) is 5.32 Å². The average Bonchev–Trinajstić information content (AvgIpc) is 2.70. The summed E-state index contributed by atoms with van der Waals surface area (Å²) in [5.41, 5.74) is 3.20. The summed E-state index contributed by atoms with van der Waals surface area (Å²) in [7, 11) is 0. The molecule has 0 aliphatic rings. The fourth-order valence-electron chi connectivity index (χ4n) is 3.13. The normalized spacial score (nSPS) is 10.9. The molecule has 0 aliphatic heterocycles. The second-order valence-corrected chi connectivity index (χ2v) is 7.41. The summed E-state index contributed by atoms with van der Waals surface area (Å²) in [4.78, 5) is 24.9. The van der Waals surface area contributed by atoms with Gasteiger partial charge in [0.05, 0.1) is 15.6 Å². The molecule has 0 aliphatic carbocycles. The van der Waals surface area contributed by atoms with Crippen molar-refractivity contribution in [1.29, 1.82) is 0 Å². The molecule has 144 valence electrons. The van der Waals surface area contributed by atoms with Gasteiger partial charge >= 0.3 is 5.63 Å². The highest BCUT2D eigenvalue weighted by Gasteiger charge is 2.13. The van der Waals surface area contributed by atoms with E-state index in [1.807, 2.05) is 31.2 Å². The minimum Gasteiger partial charge on any atom is -0.422 e. The number of fused-ring (bicyclic) bond motifs is 1. The first kappa shape index (κ1) is 19.2. The standard InChI is InChI=1S/C23H15Cl2NO3/c1-13-10-16(26-22(27)15-6-9-19(24)20(25)12-15)7-8-17(13)18-11-14-4-2-3-5-21(14)29-23(18)28/h2-12H,1H3,(H,26,27). The second kappa shape index (κ2) is 7.74. The molecule has 4 nitrogen and oxygen atoms in total. The van der Waals surface area contributed by atoms with Crippen molar-refractivity contribution >= 4 is 45.8 Å². The van der Waals surface area contributed by atoms with E-state index in [1.54, 1.807) is 36.4 Å². The van der Waals surface area contributed by atoms with Crippen LogP contribution in [-0.4, -0.2) is 5.91 Å². The van der Waals surface area contributed by atoms with E-state index in [0.29, 0.717) is 32.4 Å². The zero-order valence-corrected chi connectivity index (χ0v) is 16.8. The molecule has 6 heteroatoms. The number of aryl methyl sites for hydroxylation is 1. The highest BCUT2D eigenvalue weighted by molar-refractivity contribution is 6.42. The van der Waals surface area contributed by atoms with Gasteiger partial charge in [-0.05, 0) is 60.5 Å². The highest BCUT2D eigenvalue weighted by atomic mass is 35.5. The van der Waals surface area contributed by atoms with Gasteiger partial charge in [0.2, 0.25) is 0 Å². The second-order valence-electron chi connectivity index (χ2n) is 6.60. The Morgan fingerprint density at radius 2 is 1.69 bits per heavy atom. The van der Waals surface area contributed by atoms with E-state index in [9.17, 15) is 9.59 Å². The Kier molecular flexibility index (Phi) is 5.14. The molecular weight excluding hydrogens is 409 g/mol. The molecule has 0 unspecified atom stereocenters. The van der Waals surface area contributed by atoms with Gasteiger partial charge in [-0.25, -0.2) is 4.79 Å². The van der Waals surface area contributed by atoms with Gasteiger partial charge in [-0.2, -0.15) is 0 Å². The molecule has 0 spiro atoms. The first-order valence-corrected chi connectivity index (χ1v) is 9.58. The number of para-hydroxylation sites is 1. The largest absolute Gasteiger partial charge is 0.422 e. The smallest absolute Gasteiger partial charge is 0.344 e. The Morgan fingerprint density at radius 3 is 2.45 bits per heavy atom. The van der Waals surface area contributed by atoms with Crippen LogP contribution in [0.5, 0.6) is 0 Å². The number of hydrogen-bond acceptors (Lipinski definition) is 3. The summed E-state index contributed by atoms with van der Waals surface area (Å²) in [6.45, 7) is 1.87. The van der Waals surface area contributed by atoms with Gasteiger partial charge < -0.3 is 9.73 Å². The third-order valence-corrected chi connectivity index (χ3v) is 5.34. The van der Waals surface area contributed by atoms with Gasteiger partial charge in [0.15, 0.2) is 0 Å². The van der Waals surface area contributed by atoms with Crippen LogP contribution in [-0.2, 0) is 0 Å². The fraction of sp³-hybridized carbons (Fsp3) is 0.0435. The van der Waals surface area contributed by atoms with E-state index >= 15 is 0 Å². The lowest BCUT2D eigenvalue weighted by Gasteiger charge is -2.10. The maximum Gasteiger partial charge on any atom is 0.344 e. The number of rotatable bonds is 3. The molecule has 4 aromatic rings. The lowest BCUT2D eigenvalue weighted by molar-refractivity contribution is 0.102. The summed E-state index contributed by atoms with van der Waals surface area (Å²) in [5.74, 6) is -0.305. The molecule has 0 radical (unpaired) electrons. The van der Waals surface area contributed by atoms with Crippen LogP contribution in [0.15, 0.2) is 75.9 Å². The lowest BCUT2D eigenvalue weighted by Crippen LogP contribution is -2.12. The van der Waals surface area contributed by atoms with Crippen molar-refractivity contribution in [3.8, 4) is 11.1 Å². The molecule has 0 saturated carbocycles. The number of hydrogen-bond donors (Lipinski definition) is 1. The fourth-order valence-corrected chi connectivity index (χ4v) is 3.43.